The Kier molecular flexibility index (Phi) is 5.17. The molecule has 1 N–H and O–H groups in total. The molecule has 0 saturated heterocycles. The molecule has 3 nitrogen and oxygen atoms in total. The Morgan fingerprint density at radius 3 is 2.43 bits per heavy atom. The van der Waals surface area contributed by atoms with Crippen molar-refractivity contribution in [1.82, 2.24) is 5.32 Å². The van der Waals surface area contributed by atoms with Gasteiger partial charge >= 0.3 is 0 Å². The summed E-state index contributed by atoms with van der Waals surface area (Å²) in [6.07, 6.45) is 0. The first-order valence-electron chi connectivity index (χ1n) is 6.91. The Morgan fingerprint density at radius 1 is 1.05 bits per heavy atom. The van der Waals surface area contributed by atoms with Gasteiger partial charge in [0.15, 0.2) is 0 Å². The lowest BCUT2D eigenvalue weighted by Crippen LogP contribution is -2.23. The predicted molar refractivity (Wildman–Crippen MR) is 81.5 cm³/mol. The Hall–Kier alpha value is -2.07. The largest absolute Gasteiger partial charge is 0.497 e. The van der Waals surface area contributed by atoms with Gasteiger partial charge < -0.3 is 14.8 Å². The minimum Gasteiger partial charge on any atom is -0.497 e. The molecule has 112 valence electrons. The molecule has 0 fully saturated rings. The van der Waals surface area contributed by atoms with Crippen LogP contribution < -0.4 is 14.8 Å². The summed E-state index contributed by atoms with van der Waals surface area (Å²) in [5.41, 5.74) is 1.44. The number of rotatable bonds is 6. The molecule has 0 spiro atoms. The number of hydrogen-bond donors (Lipinski definition) is 1. The molecular formula is C17H20FNO2. The first-order chi connectivity index (χ1) is 10.2. The SMILES string of the molecule is CCNC(c1ccccc1F)c1cc(OC)ccc1OC. The van der Waals surface area contributed by atoms with Gasteiger partial charge in [0.1, 0.15) is 17.3 Å². The average Bonchev–Trinajstić information content (AvgIpc) is 2.53. The van der Waals surface area contributed by atoms with E-state index in [1.807, 2.05) is 31.2 Å². The second-order valence-corrected chi connectivity index (χ2v) is 4.62. The summed E-state index contributed by atoms with van der Waals surface area (Å²) < 4.78 is 24.8. The molecule has 0 heterocycles. The average molecular weight is 289 g/mol. The minimum absolute atomic E-state index is 0.242. The molecule has 1 unspecified atom stereocenters. The Morgan fingerprint density at radius 2 is 1.81 bits per heavy atom. The van der Waals surface area contributed by atoms with Gasteiger partial charge in [0.05, 0.1) is 20.3 Å². The van der Waals surface area contributed by atoms with Crippen LogP contribution in [0.3, 0.4) is 0 Å². The number of halogens is 1. The van der Waals surface area contributed by atoms with Gasteiger partial charge in [-0.3, -0.25) is 0 Å². The van der Waals surface area contributed by atoms with Crippen LogP contribution in [0.1, 0.15) is 24.1 Å². The molecule has 2 rings (SSSR count). The third-order valence-corrected chi connectivity index (χ3v) is 3.37. The first kappa shape index (κ1) is 15.3. The fraction of sp³-hybridized carbons (Fsp3) is 0.294. The van der Waals surface area contributed by atoms with Crippen LogP contribution in [-0.4, -0.2) is 20.8 Å². The maximum absolute atomic E-state index is 14.2. The fourth-order valence-electron chi connectivity index (χ4n) is 2.37. The molecule has 1 atom stereocenters. The van der Waals surface area contributed by atoms with E-state index in [0.717, 1.165) is 5.56 Å². The van der Waals surface area contributed by atoms with Crippen molar-refractivity contribution in [3.8, 4) is 11.5 Å². The lowest BCUT2D eigenvalue weighted by Gasteiger charge is -2.22. The maximum Gasteiger partial charge on any atom is 0.128 e. The summed E-state index contributed by atoms with van der Waals surface area (Å²) in [6.45, 7) is 2.69. The van der Waals surface area contributed by atoms with Crippen LogP contribution in [0, 0.1) is 5.82 Å². The van der Waals surface area contributed by atoms with Gasteiger partial charge in [0.2, 0.25) is 0 Å². The van der Waals surface area contributed by atoms with Crippen molar-refractivity contribution >= 4 is 0 Å². The monoisotopic (exact) mass is 289 g/mol. The van der Waals surface area contributed by atoms with Crippen molar-refractivity contribution in [3.63, 3.8) is 0 Å². The van der Waals surface area contributed by atoms with Gasteiger partial charge in [-0.05, 0) is 30.8 Å². The van der Waals surface area contributed by atoms with E-state index >= 15 is 0 Å². The lowest BCUT2D eigenvalue weighted by molar-refractivity contribution is 0.393. The Labute approximate surface area is 124 Å². The summed E-state index contributed by atoms with van der Waals surface area (Å²) in [5, 5.41) is 3.31. The van der Waals surface area contributed by atoms with Crippen LogP contribution in [0.5, 0.6) is 11.5 Å². The predicted octanol–water partition coefficient (Wildman–Crippen LogP) is 3.54. The van der Waals surface area contributed by atoms with Crippen molar-refractivity contribution < 1.29 is 13.9 Å². The molecule has 2 aromatic carbocycles. The lowest BCUT2D eigenvalue weighted by atomic mass is 9.97. The van der Waals surface area contributed by atoms with E-state index in [2.05, 4.69) is 5.32 Å². The van der Waals surface area contributed by atoms with Crippen LogP contribution in [0.25, 0.3) is 0 Å². The second-order valence-electron chi connectivity index (χ2n) is 4.62. The third-order valence-electron chi connectivity index (χ3n) is 3.37. The standard InChI is InChI=1S/C17H20FNO2/c1-4-19-17(13-7-5-6-8-15(13)18)14-11-12(20-2)9-10-16(14)21-3/h5-11,17,19H,4H2,1-3H3. The van der Waals surface area contributed by atoms with Crippen molar-refractivity contribution in [2.45, 2.75) is 13.0 Å². The molecule has 0 aliphatic heterocycles. The molecule has 0 aliphatic rings. The molecule has 0 aromatic heterocycles. The number of nitrogens with one attached hydrogen (secondary N) is 1. The van der Waals surface area contributed by atoms with Gasteiger partial charge in [-0.25, -0.2) is 4.39 Å². The summed E-state index contributed by atoms with van der Waals surface area (Å²) in [5.74, 6) is 1.17. The Bertz CT molecular complexity index is 601. The quantitative estimate of drug-likeness (QED) is 0.882. The number of benzene rings is 2. The topological polar surface area (TPSA) is 30.5 Å². The van der Waals surface area contributed by atoms with Crippen LogP contribution >= 0.6 is 0 Å². The number of hydrogen-bond acceptors (Lipinski definition) is 3. The number of methoxy groups -OCH3 is 2. The summed E-state index contributed by atoms with van der Waals surface area (Å²) in [7, 11) is 3.21. The normalized spacial score (nSPS) is 12.0. The van der Waals surface area contributed by atoms with Crippen LogP contribution in [0.15, 0.2) is 42.5 Å². The van der Waals surface area contributed by atoms with Crippen molar-refractivity contribution in [1.29, 1.82) is 0 Å². The summed E-state index contributed by atoms with van der Waals surface area (Å²) >= 11 is 0. The second kappa shape index (κ2) is 7.09. The van der Waals surface area contributed by atoms with E-state index in [9.17, 15) is 4.39 Å². The van der Waals surface area contributed by atoms with Gasteiger partial charge in [-0.2, -0.15) is 0 Å². The van der Waals surface area contributed by atoms with Crippen LogP contribution in [-0.2, 0) is 0 Å². The van der Waals surface area contributed by atoms with Crippen molar-refractivity contribution in [2.75, 3.05) is 20.8 Å². The smallest absolute Gasteiger partial charge is 0.128 e. The van der Waals surface area contributed by atoms with E-state index in [-0.39, 0.29) is 11.9 Å². The third kappa shape index (κ3) is 3.34. The molecular weight excluding hydrogens is 269 g/mol. The minimum atomic E-state index is -0.291. The zero-order valence-corrected chi connectivity index (χ0v) is 12.5. The first-order valence-corrected chi connectivity index (χ1v) is 6.91. The van der Waals surface area contributed by atoms with Gasteiger partial charge in [0.25, 0.3) is 0 Å². The molecule has 0 radical (unpaired) electrons. The van der Waals surface area contributed by atoms with E-state index in [1.54, 1.807) is 26.4 Å². The highest BCUT2D eigenvalue weighted by atomic mass is 19.1. The van der Waals surface area contributed by atoms with Gasteiger partial charge in [-0.15, -0.1) is 0 Å². The Balaban J connectivity index is 2.54. The molecule has 2 aromatic rings. The van der Waals surface area contributed by atoms with E-state index in [1.165, 1.54) is 6.07 Å². The molecule has 4 heteroatoms. The van der Waals surface area contributed by atoms with Gasteiger partial charge in [-0.1, -0.05) is 25.1 Å². The highest BCUT2D eigenvalue weighted by Crippen LogP contribution is 2.34. The molecule has 0 aliphatic carbocycles. The van der Waals surface area contributed by atoms with E-state index in [0.29, 0.717) is 23.6 Å². The zero-order chi connectivity index (χ0) is 15.2. The number of ether oxygens (including phenoxy) is 2. The van der Waals surface area contributed by atoms with Crippen molar-refractivity contribution in [3.05, 3.63) is 59.4 Å². The highest BCUT2D eigenvalue weighted by molar-refractivity contribution is 5.46. The van der Waals surface area contributed by atoms with E-state index in [4.69, 9.17) is 9.47 Å². The maximum atomic E-state index is 14.2. The zero-order valence-electron chi connectivity index (χ0n) is 12.5. The molecule has 0 saturated carbocycles. The summed E-state index contributed by atoms with van der Waals surface area (Å²) in [6, 6.07) is 12.0. The van der Waals surface area contributed by atoms with Crippen molar-refractivity contribution in [2.24, 2.45) is 0 Å². The molecule has 21 heavy (non-hydrogen) atoms. The highest BCUT2D eigenvalue weighted by Gasteiger charge is 2.21. The molecule has 0 amide bonds. The molecule has 0 bridgehead atoms. The van der Waals surface area contributed by atoms with E-state index < -0.39 is 0 Å². The fourth-order valence-corrected chi connectivity index (χ4v) is 2.37. The van der Waals surface area contributed by atoms with Crippen LogP contribution in [0.4, 0.5) is 4.39 Å². The van der Waals surface area contributed by atoms with Crippen LogP contribution in [0.2, 0.25) is 0 Å². The summed E-state index contributed by atoms with van der Waals surface area (Å²) in [4.78, 5) is 0. The van der Waals surface area contributed by atoms with Gasteiger partial charge in [0, 0.05) is 11.1 Å².